The molecule has 2 nitrogen and oxygen atoms in total. The first kappa shape index (κ1) is 13.8. The molecule has 2 rings (SSSR count). The fourth-order valence-electron chi connectivity index (χ4n) is 2.02. The van der Waals surface area contributed by atoms with E-state index in [4.69, 9.17) is 0 Å². The fraction of sp³-hybridized carbons (Fsp3) is 0.462. The van der Waals surface area contributed by atoms with Gasteiger partial charge in [-0.05, 0) is 30.2 Å². The number of carboxylic acid groups (broad SMARTS) is 1. The Balaban J connectivity index is 0.00000128. The normalized spacial score (nSPS) is 16.2. The third-order valence-electron chi connectivity index (χ3n) is 3.00. The minimum atomic E-state index is -0.940. The van der Waals surface area contributed by atoms with Gasteiger partial charge in [0.1, 0.15) is 0 Å². The van der Waals surface area contributed by atoms with E-state index in [9.17, 15) is 9.90 Å². The summed E-state index contributed by atoms with van der Waals surface area (Å²) in [5, 5.41) is 10.7. The summed E-state index contributed by atoms with van der Waals surface area (Å²) in [5.41, 5.74) is 1.13. The van der Waals surface area contributed by atoms with E-state index >= 15 is 0 Å². The van der Waals surface area contributed by atoms with Crippen LogP contribution in [-0.4, -0.2) is 5.97 Å². The summed E-state index contributed by atoms with van der Waals surface area (Å²) >= 11 is 0. The van der Waals surface area contributed by atoms with E-state index in [1.54, 1.807) is 0 Å². The number of benzene rings is 1. The molecule has 1 fully saturated rings. The minimum absolute atomic E-state index is 0. The van der Waals surface area contributed by atoms with Gasteiger partial charge in [0.2, 0.25) is 0 Å². The van der Waals surface area contributed by atoms with E-state index in [1.165, 1.54) is 12.8 Å². The van der Waals surface area contributed by atoms with Crippen molar-refractivity contribution in [3.63, 3.8) is 0 Å². The standard InChI is InChI=1S/C13H16O2.Na/c14-13(15)9-12(8-10-6-7-10)11-4-2-1-3-5-11;/h1-5,10,12H,6-9H2,(H,14,15);/q;+1/p-1. The van der Waals surface area contributed by atoms with E-state index < -0.39 is 5.97 Å². The predicted octanol–water partition coefficient (Wildman–Crippen LogP) is -1.29. The van der Waals surface area contributed by atoms with E-state index in [0.717, 1.165) is 17.9 Å². The van der Waals surface area contributed by atoms with Crippen molar-refractivity contribution in [1.82, 2.24) is 0 Å². The number of carbonyl (C=O) groups is 1. The third-order valence-corrected chi connectivity index (χ3v) is 3.00. The molecule has 1 unspecified atom stereocenters. The van der Waals surface area contributed by atoms with Crippen molar-refractivity contribution in [3.05, 3.63) is 35.9 Å². The van der Waals surface area contributed by atoms with E-state index in [2.05, 4.69) is 0 Å². The number of hydrogen-bond donors (Lipinski definition) is 0. The van der Waals surface area contributed by atoms with Crippen LogP contribution in [-0.2, 0) is 4.79 Å². The maximum Gasteiger partial charge on any atom is 1.00 e. The quantitative estimate of drug-likeness (QED) is 0.586. The number of hydrogen-bond acceptors (Lipinski definition) is 2. The van der Waals surface area contributed by atoms with Crippen LogP contribution in [0.15, 0.2) is 30.3 Å². The molecule has 0 bridgehead atoms. The van der Waals surface area contributed by atoms with E-state index in [0.29, 0.717) is 0 Å². The number of rotatable bonds is 5. The Labute approximate surface area is 118 Å². The van der Waals surface area contributed by atoms with E-state index in [1.807, 2.05) is 30.3 Å². The zero-order chi connectivity index (χ0) is 10.7. The Morgan fingerprint density at radius 2 is 1.94 bits per heavy atom. The number of aliphatic carboxylic acids is 1. The van der Waals surface area contributed by atoms with Gasteiger partial charge in [0.15, 0.2) is 0 Å². The van der Waals surface area contributed by atoms with Gasteiger partial charge in [0, 0.05) is 5.97 Å². The van der Waals surface area contributed by atoms with Crippen LogP contribution >= 0.6 is 0 Å². The maximum absolute atomic E-state index is 10.7. The molecule has 80 valence electrons. The topological polar surface area (TPSA) is 40.1 Å². The van der Waals surface area contributed by atoms with Gasteiger partial charge in [-0.2, -0.15) is 0 Å². The van der Waals surface area contributed by atoms with Crippen LogP contribution in [0.4, 0.5) is 0 Å². The fourth-order valence-corrected chi connectivity index (χ4v) is 2.02. The summed E-state index contributed by atoms with van der Waals surface area (Å²) in [6.45, 7) is 0. The van der Waals surface area contributed by atoms with Gasteiger partial charge in [-0.3, -0.25) is 0 Å². The van der Waals surface area contributed by atoms with Gasteiger partial charge in [0.25, 0.3) is 0 Å². The molecule has 1 atom stereocenters. The van der Waals surface area contributed by atoms with Gasteiger partial charge >= 0.3 is 29.6 Å². The Morgan fingerprint density at radius 1 is 1.31 bits per heavy atom. The average Bonchev–Trinajstić information content (AvgIpc) is 3.01. The van der Waals surface area contributed by atoms with E-state index in [-0.39, 0.29) is 41.9 Å². The van der Waals surface area contributed by atoms with Crippen LogP contribution in [0, 0.1) is 5.92 Å². The van der Waals surface area contributed by atoms with Crippen LogP contribution in [0.3, 0.4) is 0 Å². The monoisotopic (exact) mass is 226 g/mol. The molecule has 3 heteroatoms. The first-order chi connectivity index (χ1) is 7.25. The number of carbonyl (C=O) groups excluding carboxylic acids is 1. The molecule has 1 aromatic carbocycles. The summed E-state index contributed by atoms with van der Waals surface area (Å²) in [6.07, 6.45) is 3.67. The van der Waals surface area contributed by atoms with Crippen molar-refractivity contribution in [2.75, 3.05) is 0 Å². The van der Waals surface area contributed by atoms with Gasteiger partial charge in [-0.1, -0.05) is 43.2 Å². The molecule has 1 aliphatic carbocycles. The Bertz CT molecular complexity index is 333. The Kier molecular flexibility index (Phi) is 5.53. The molecule has 16 heavy (non-hydrogen) atoms. The third kappa shape index (κ3) is 4.28. The molecular formula is C13H15NaO2. The second-order valence-corrected chi connectivity index (χ2v) is 4.36. The maximum atomic E-state index is 10.7. The van der Waals surface area contributed by atoms with Crippen molar-refractivity contribution in [3.8, 4) is 0 Å². The van der Waals surface area contributed by atoms with Crippen molar-refractivity contribution in [2.45, 2.75) is 31.6 Å². The first-order valence-corrected chi connectivity index (χ1v) is 5.50. The molecule has 0 radical (unpaired) electrons. The zero-order valence-corrected chi connectivity index (χ0v) is 11.7. The van der Waals surface area contributed by atoms with Crippen LogP contribution in [0.25, 0.3) is 0 Å². The average molecular weight is 226 g/mol. The van der Waals surface area contributed by atoms with Gasteiger partial charge in [-0.25, -0.2) is 0 Å². The van der Waals surface area contributed by atoms with Crippen molar-refractivity contribution in [1.29, 1.82) is 0 Å². The van der Waals surface area contributed by atoms with Gasteiger partial charge in [0.05, 0.1) is 0 Å². The second kappa shape index (κ2) is 6.43. The number of carboxylic acids is 1. The molecule has 1 aromatic rings. The van der Waals surface area contributed by atoms with Gasteiger partial charge in [-0.15, -0.1) is 0 Å². The minimum Gasteiger partial charge on any atom is -0.550 e. The molecule has 0 aliphatic heterocycles. The summed E-state index contributed by atoms with van der Waals surface area (Å²) in [4.78, 5) is 10.7. The Morgan fingerprint density at radius 3 is 2.44 bits per heavy atom. The van der Waals surface area contributed by atoms with Crippen LogP contribution in [0.5, 0.6) is 0 Å². The molecule has 0 saturated heterocycles. The Hall–Kier alpha value is -0.310. The first-order valence-electron chi connectivity index (χ1n) is 5.50. The van der Waals surface area contributed by atoms with Crippen molar-refractivity contribution < 1.29 is 39.5 Å². The smallest absolute Gasteiger partial charge is 0.550 e. The van der Waals surface area contributed by atoms with Gasteiger partial charge < -0.3 is 9.90 Å². The second-order valence-electron chi connectivity index (χ2n) is 4.36. The molecule has 0 amide bonds. The molecule has 0 spiro atoms. The molecule has 1 aliphatic rings. The predicted molar refractivity (Wildman–Crippen MR) is 56.1 cm³/mol. The SMILES string of the molecule is O=C([O-])CC(CC1CC1)c1ccccc1.[Na+]. The van der Waals surface area contributed by atoms with Crippen LogP contribution < -0.4 is 34.7 Å². The molecule has 1 saturated carbocycles. The largest absolute Gasteiger partial charge is 1.00 e. The van der Waals surface area contributed by atoms with Crippen LogP contribution in [0.2, 0.25) is 0 Å². The molecule has 0 heterocycles. The molecule has 0 aromatic heterocycles. The van der Waals surface area contributed by atoms with Crippen molar-refractivity contribution >= 4 is 5.97 Å². The van der Waals surface area contributed by atoms with Crippen molar-refractivity contribution in [2.24, 2.45) is 5.92 Å². The van der Waals surface area contributed by atoms with Crippen LogP contribution in [0.1, 0.15) is 37.2 Å². The summed E-state index contributed by atoms with van der Waals surface area (Å²) in [5.74, 6) is -0.0530. The summed E-state index contributed by atoms with van der Waals surface area (Å²) < 4.78 is 0. The summed E-state index contributed by atoms with van der Waals surface area (Å²) in [6, 6.07) is 9.90. The zero-order valence-electron chi connectivity index (χ0n) is 9.69. The molecule has 0 N–H and O–H groups in total. The molecular weight excluding hydrogens is 211 g/mol. The summed E-state index contributed by atoms with van der Waals surface area (Å²) in [7, 11) is 0.